The predicted octanol–water partition coefficient (Wildman–Crippen LogP) is 4.90. The van der Waals surface area contributed by atoms with Crippen LogP contribution in [0.4, 0.5) is 5.69 Å². The molecular weight excluding hydrogens is 379 g/mol. The Labute approximate surface area is 161 Å². The summed E-state index contributed by atoms with van der Waals surface area (Å²) in [6.45, 7) is 0. The van der Waals surface area contributed by atoms with Gasteiger partial charge in [0.15, 0.2) is 5.16 Å². The molecule has 1 amide bonds. The van der Waals surface area contributed by atoms with Crippen molar-refractivity contribution in [3.05, 3.63) is 34.1 Å². The summed E-state index contributed by atoms with van der Waals surface area (Å²) in [5, 5.41) is 13.1. The number of halogens is 2. The molecule has 8 heteroatoms. The maximum atomic E-state index is 12.2. The Morgan fingerprint density at radius 1 is 1.28 bits per heavy atom. The van der Waals surface area contributed by atoms with Crippen molar-refractivity contribution in [1.29, 1.82) is 0 Å². The van der Waals surface area contributed by atoms with Crippen molar-refractivity contribution < 1.29 is 4.79 Å². The van der Waals surface area contributed by atoms with Crippen LogP contribution < -0.4 is 5.32 Å². The minimum atomic E-state index is -0.142. The van der Waals surface area contributed by atoms with Crippen molar-refractivity contribution in [3.63, 3.8) is 0 Å². The van der Waals surface area contributed by atoms with Crippen molar-refractivity contribution >= 4 is 46.6 Å². The van der Waals surface area contributed by atoms with Crippen LogP contribution >= 0.6 is 35.0 Å². The molecule has 1 fully saturated rings. The Bertz CT molecular complexity index is 759. The lowest BCUT2D eigenvalue weighted by molar-refractivity contribution is -0.113. The zero-order valence-electron chi connectivity index (χ0n) is 14.0. The van der Waals surface area contributed by atoms with E-state index in [4.69, 9.17) is 23.2 Å². The van der Waals surface area contributed by atoms with Gasteiger partial charge >= 0.3 is 0 Å². The second-order valence-corrected chi connectivity index (χ2v) is 7.98. The minimum absolute atomic E-state index is 0.142. The van der Waals surface area contributed by atoms with Gasteiger partial charge in [-0.05, 0) is 31.0 Å². The molecule has 134 valence electrons. The van der Waals surface area contributed by atoms with Gasteiger partial charge in [-0.15, -0.1) is 10.2 Å². The minimum Gasteiger partial charge on any atom is -0.324 e. The van der Waals surface area contributed by atoms with E-state index in [2.05, 4.69) is 15.5 Å². The summed E-state index contributed by atoms with van der Waals surface area (Å²) in [5.74, 6) is 1.62. The van der Waals surface area contributed by atoms with Gasteiger partial charge in [-0.3, -0.25) is 4.79 Å². The number of anilines is 1. The molecule has 1 aliphatic carbocycles. The Morgan fingerprint density at radius 2 is 2.04 bits per heavy atom. The fourth-order valence-electron chi connectivity index (χ4n) is 3.08. The van der Waals surface area contributed by atoms with Crippen molar-refractivity contribution in [2.24, 2.45) is 7.05 Å². The molecule has 1 saturated carbocycles. The fraction of sp³-hybridized carbons (Fsp3) is 0.471. The normalized spacial score (nSPS) is 15.3. The molecule has 0 spiro atoms. The summed E-state index contributed by atoms with van der Waals surface area (Å²) >= 11 is 13.3. The highest BCUT2D eigenvalue weighted by molar-refractivity contribution is 7.99. The lowest BCUT2D eigenvalue weighted by Crippen LogP contribution is -2.15. The number of nitrogens with one attached hydrogen (secondary N) is 1. The monoisotopic (exact) mass is 398 g/mol. The molecule has 1 N–H and O–H groups in total. The summed E-state index contributed by atoms with van der Waals surface area (Å²) in [5.41, 5.74) is 0.553. The van der Waals surface area contributed by atoms with E-state index in [0.29, 0.717) is 21.7 Å². The summed E-state index contributed by atoms with van der Waals surface area (Å²) in [7, 11) is 1.97. The van der Waals surface area contributed by atoms with Crippen molar-refractivity contribution in [2.45, 2.75) is 43.2 Å². The van der Waals surface area contributed by atoms with Crippen LogP contribution in [0.15, 0.2) is 23.4 Å². The van der Waals surface area contributed by atoms with Gasteiger partial charge in [0.2, 0.25) is 5.91 Å². The van der Waals surface area contributed by atoms with Crippen LogP contribution in [-0.4, -0.2) is 26.4 Å². The average molecular weight is 399 g/mol. The van der Waals surface area contributed by atoms with E-state index in [1.54, 1.807) is 18.2 Å². The molecule has 0 radical (unpaired) electrons. The van der Waals surface area contributed by atoms with E-state index in [1.807, 2.05) is 11.6 Å². The van der Waals surface area contributed by atoms with Crippen LogP contribution in [0.25, 0.3) is 0 Å². The topological polar surface area (TPSA) is 59.8 Å². The largest absolute Gasteiger partial charge is 0.324 e. The quantitative estimate of drug-likeness (QED) is 0.727. The molecule has 0 bridgehead atoms. The Morgan fingerprint density at radius 3 is 2.76 bits per heavy atom. The highest BCUT2D eigenvalue weighted by atomic mass is 35.5. The lowest BCUT2D eigenvalue weighted by atomic mass is 9.89. The number of rotatable bonds is 5. The molecule has 1 aliphatic rings. The molecule has 5 nitrogen and oxygen atoms in total. The second-order valence-electron chi connectivity index (χ2n) is 6.20. The molecule has 25 heavy (non-hydrogen) atoms. The lowest BCUT2D eigenvalue weighted by Gasteiger charge is -2.20. The fourth-order valence-corrected chi connectivity index (χ4v) is 4.25. The van der Waals surface area contributed by atoms with E-state index in [1.165, 1.54) is 43.9 Å². The van der Waals surface area contributed by atoms with Gasteiger partial charge < -0.3 is 9.88 Å². The van der Waals surface area contributed by atoms with Gasteiger partial charge in [0, 0.05) is 18.0 Å². The van der Waals surface area contributed by atoms with Crippen LogP contribution in [0.3, 0.4) is 0 Å². The van der Waals surface area contributed by atoms with E-state index in [9.17, 15) is 4.79 Å². The number of nitrogens with zero attached hydrogens (tertiary/aromatic N) is 3. The molecule has 0 atom stereocenters. The third kappa shape index (κ3) is 4.68. The van der Waals surface area contributed by atoms with Crippen LogP contribution in [0.2, 0.25) is 10.0 Å². The Hall–Kier alpha value is -1.24. The zero-order valence-corrected chi connectivity index (χ0v) is 16.3. The molecule has 3 rings (SSSR count). The summed E-state index contributed by atoms with van der Waals surface area (Å²) in [6.07, 6.45) is 6.16. The number of hydrogen-bond donors (Lipinski definition) is 1. The van der Waals surface area contributed by atoms with Crippen molar-refractivity contribution in [3.8, 4) is 0 Å². The van der Waals surface area contributed by atoms with Gasteiger partial charge in [0.1, 0.15) is 5.82 Å². The number of thioether (sulfide) groups is 1. The highest BCUT2D eigenvalue weighted by Crippen LogP contribution is 2.32. The van der Waals surface area contributed by atoms with E-state index < -0.39 is 0 Å². The van der Waals surface area contributed by atoms with E-state index in [0.717, 1.165) is 11.0 Å². The van der Waals surface area contributed by atoms with Crippen LogP contribution in [0.5, 0.6) is 0 Å². The van der Waals surface area contributed by atoms with Gasteiger partial charge in [-0.1, -0.05) is 54.2 Å². The van der Waals surface area contributed by atoms with E-state index in [-0.39, 0.29) is 11.7 Å². The predicted molar refractivity (Wildman–Crippen MR) is 103 cm³/mol. The van der Waals surface area contributed by atoms with Gasteiger partial charge in [-0.25, -0.2) is 0 Å². The molecule has 1 aromatic carbocycles. The number of hydrogen-bond acceptors (Lipinski definition) is 4. The molecular formula is C17H20Cl2N4OS. The third-order valence-electron chi connectivity index (χ3n) is 4.38. The van der Waals surface area contributed by atoms with Crippen LogP contribution in [0, 0.1) is 0 Å². The SMILES string of the molecule is Cn1c(SCC(=O)Nc2ccc(Cl)cc2Cl)nnc1C1CCCCC1. The third-order valence-corrected chi connectivity index (χ3v) is 5.94. The zero-order chi connectivity index (χ0) is 17.8. The summed E-state index contributed by atoms with van der Waals surface area (Å²) < 4.78 is 2.02. The summed E-state index contributed by atoms with van der Waals surface area (Å²) in [4.78, 5) is 12.2. The van der Waals surface area contributed by atoms with Gasteiger partial charge in [0.05, 0.1) is 16.5 Å². The molecule has 1 aromatic heterocycles. The first kappa shape index (κ1) is 18.5. The van der Waals surface area contributed by atoms with Crippen LogP contribution in [0.1, 0.15) is 43.8 Å². The maximum absolute atomic E-state index is 12.2. The Kier molecular flexibility index (Phi) is 6.25. The van der Waals surface area contributed by atoms with Crippen molar-refractivity contribution in [1.82, 2.24) is 14.8 Å². The number of aromatic nitrogens is 3. The first-order chi connectivity index (χ1) is 12.0. The highest BCUT2D eigenvalue weighted by Gasteiger charge is 2.22. The average Bonchev–Trinajstić information content (AvgIpc) is 2.97. The second kappa shape index (κ2) is 8.43. The molecule has 0 unspecified atom stereocenters. The van der Waals surface area contributed by atoms with Crippen LogP contribution in [-0.2, 0) is 11.8 Å². The maximum Gasteiger partial charge on any atom is 0.234 e. The first-order valence-corrected chi connectivity index (χ1v) is 10.1. The standard InChI is InChI=1S/C17H20Cl2N4OS/c1-23-16(11-5-3-2-4-6-11)21-22-17(23)25-10-15(24)20-14-8-7-12(18)9-13(14)19/h7-9,11H,2-6,10H2,1H3,(H,20,24). The number of carbonyl (C=O) groups excluding carboxylic acids is 1. The molecule has 1 heterocycles. The van der Waals surface area contributed by atoms with Crippen molar-refractivity contribution in [2.75, 3.05) is 11.1 Å². The first-order valence-electron chi connectivity index (χ1n) is 8.31. The number of carbonyl (C=O) groups is 1. The molecule has 0 aliphatic heterocycles. The number of benzene rings is 1. The number of amides is 1. The Balaban J connectivity index is 1.58. The molecule has 2 aromatic rings. The van der Waals surface area contributed by atoms with Gasteiger partial charge in [-0.2, -0.15) is 0 Å². The summed E-state index contributed by atoms with van der Waals surface area (Å²) in [6, 6.07) is 4.98. The smallest absolute Gasteiger partial charge is 0.234 e. The van der Waals surface area contributed by atoms with Gasteiger partial charge in [0.25, 0.3) is 0 Å². The van der Waals surface area contributed by atoms with E-state index >= 15 is 0 Å². The molecule has 0 saturated heterocycles.